The molecule has 0 bridgehead atoms. The first-order chi connectivity index (χ1) is 13.0. The lowest BCUT2D eigenvalue weighted by Crippen LogP contribution is -2.51. The molecule has 4 amide bonds. The molecule has 1 spiro atoms. The summed E-state index contributed by atoms with van der Waals surface area (Å²) in [6.07, 6.45) is 3.00. The van der Waals surface area contributed by atoms with Crippen molar-refractivity contribution in [3.63, 3.8) is 0 Å². The fourth-order valence-corrected chi connectivity index (χ4v) is 4.39. The van der Waals surface area contributed by atoms with Crippen molar-refractivity contribution < 1.29 is 14.4 Å². The second-order valence-corrected chi connectivity index (χ2v) is 9.41. The van der Waals surface area contributed by atoms with Gasteiger partial charge in [0.25, 0.3) is 5.91 Å². The minimum atomic E-state index is -0.856. The molecule has 2 N–H and O–H groups in total. The van der Waals surface area contributed by atoms with Crippen LogP contribution in [-0.4, -0.2) is 34.8 Å². The van der Waals surface area contributed by atoms with Crippen molar-refractivity contribution in [3.05, 3.63) is 28.8 Å². The Morgan fingerprint density at radius 3 is 2.54 bits per heavy atom. The lowest BCUT2D eigenvalue weighted by molar-refractivity contribution is -0.135. The van der Waals surface area contributed by atoms with E-state index >= 15 is 0 Å². The van der Waals surface area contributed by atoms with E-state index in [1.54, 1.807) is 25.1 Å². The van der Waals surface area contributed by atoms with E-state index in [1.807, 2.05) is 0 Å². The van der Waals surface area contributed by atoms with Crippen molar-refractivity contribution in [2.24, 2.45) is 11.3 Å². The van der Waals surface area contributed by atoms with E-state index in [2.05, 4.69) is 31.4 Å². The summed E-state index contributed by atoms with van der Waals surface area (Å²) >= 11 is 6.08. The zero-order chi connectivity index (χ0) is 20.7. The van der Waals surface area contributed by atoms with Crippen LogP contribution in [0, 0.1) is 18.3 Å². The van der Waals surface area contributed by atoms with E-state index < -0.39 is 17.5 Å². The van der Waals surface area contributed by atoms with Gasteiger partial charge in [-0.15, -0.1) is 0 Å². The summed E-state index contributed by atoms with van der Waals surface area (Å²) in [5, 5.41) is 6.15. The summed E-state index contributed by atoms with van der Waals surface area (Å²) in [5.74, 6) is -0.192. The number of carbonyl (C=O) groups is 3. The first-order valence-electron chi connectivity index (χ1n) is 9.72. The zero-order valence-corrected chi connectivity index (χ0v) is 17.7. The van der Waals surface area contributed by atoms with Crippen LogP contribution in [0.15, 0.2) is 18.2 Å². The van der Waals surface area contributed by atoms with Crippen LogP contribution < -0.4 is 10.6 Å². The predicted molar refractivity (Wildman–Crippen MR) is 109 cm³/mol. The molecule has 0 unspecified atom stereocenters. The summed E-state index contributed by atoms with van der Waals surface area (Å²) in [6.45, 7) is 8.12. The van der Waals surface area contributed by atoms with Gasteiger partial charge >= 0.3 is 6.03 Å². The van der Waals surface area contributed by atoms with E-state index in [9.17, 15) is 14.4 Å². The van der Waals surface area contributed by atoms with Crippen LogP contribution in [0.1, 0.15) is 52.0 Å². The monoisotopic (exact) mass is 405 g/mol. The highest BCUT2D eigenvalue weighted by Gasteiger charge is 2.53. The maximum atomic E-state index is 13.0. The molecular weight excluding hydrogens is 378 g/mol. The summed E-state index contributed by atoms with van der Waals surface area (Å²) in [7, 11) is 0. The molecule has 152 valence electrons. The number of rotatable bonds is 3. The number of urea groups is 1. The summed E-state index contributed by atoms with van der Waals surface area (Å²) < 4.78 is 0. The number of halogens is 1. The molecule has 1 aliphatic heterocycles. The molecule has 0 aromatic heterocycles. The Labute approximate surface area is 171 Å². The number of benzene rings is 1. The Kier molecular flexibility index (Phi) is 5.45. The first-order valence-corrected chi connectivity index (χ1v) is 10.1. The van der Waals surface area contributed by atoms with Crippen molar-refractivity contribution in [2.45, 2.75) is 58.9 Å². The van der Waals surface area contributed by atoms with Gasteiger partial charge in [-0.05, 0) is 61.6 Å². The van der Waals surface area contributed by atoms with Gasteiger partial charge in [0.1, 0.15) is 12.1 Å². The number of imide groups is 1. The van der Waals surface area contributed by atoms with E-state index in [1.165, 1.54) is 0 Å². The molecule has 3 rings (SSSR count). The number of amides is 4. The molecule has 1 aromatic rings. The standard InChI is InChI=1S/C21H28ClN3O3/c1-13-15(22)6-5-7-16(13)23-17(26)12-25-18(27)21(24-19(25)28)10-8-14(9-11-21)20(2,3)4/h5-7,14H,8-12H2,1-4H3,(H,23,26)(H,24,28). The number of carbonyl (C=O) groups excluding carboxylic acids is 3. The van der Waals surface area contributed by atoms with Gasteiger partial charge in [0, 0.05) is 10.7 Å². The van der Waals surface area contributed by atoms with Crippen LogP contribution in [-0.2, 0) is 9.59 Å². The average molecular weight is 406 g/mol. The van der Waals surface area contributed by atoms with Crippen molar-refractivity contribution in [1.29, 1.82) is 0 Å². The Hall–Kier alpha value is -2.08. The van der Waals surface area contributed by atoms with Crippen molar-refractivity contribution >= 4 is 35.1 Å². The second kappa shape index (κ2) is 7.39. The van der Waals surface area contributed by atoms with Crippen molar-refractivity contribution in [2.75, 3.05) is 11.9 Å². The van der Waals surface area contributed by atoms with Crippen LogP contribution in [0.3, 0.4) is 0 Å². The third-order valence-electron chi connectivity index (χ3n) is 6.15. The van der Waals surface area contributed by atoms with Crippen LogP contribution in [0.2, 0.25) is 5.02 Å². The number of nitrogens with one attached hydrogen (secondary N) is 2. The summed E-state index contributed by atoms with van der Waals surface area (Å²) in [6, 6.07) is 4.72. The highest BCUT2D eigenvalue weighted by Crippen LogP contribution is 2.43. The van der Waals surface area contributed by atoms with Gasteiger partial charge in [-0.2, -0.15) is 0 Å². The largest absolute Gasteiger partial charge is 0.325 e. The van der Waals surface area contributed by atoms with Crippen LogP contribution in [0.4, 0.5) is 10.5 Å². The van der Waals surface area contributed by atoms with Crippen LogP contribution in [0.25, 0.3) is 0 Å². The SMILES string of the molecule is Cc1c(Cl)cccc1NC(=O)CN1C(=O)NC2(CCC(C(C)(C)C)CC2)C1=O. The normalized spacial score (nSPS) is 25.2. The molecule has 7 heteroatoms. The fraction of sp³-hybridized carbons (Fsp3) is 0.571. The number of hydrogen-bond donors (Lipinski definition) is 2. The maximum Gasteiger partial charge on any atom is 0.325 e. The highest BCUT2D eigenvalue weighted by molar-refractivity contribution is 6.31. The van der Waals surface area contributed by atoms with Gasteiger partial charge in [-0.3, -0.25) is 14.5 Å². The topological polar surface area (TPSA) is 78.5 Å². The number of anilines is 1. The summed E-state index contributed by atoms with van der Waals surface area (Å²) in [5.41, 5.74) is 0.642. The molecule has 1 aromatic carbocycles. The van der Waals surface area contributed by atoms with Gasteiger partial charge in [-0.1, -0.05) is 38.4 Å². The van der Waals surface area contributed by atoms with E-state index in [0.29, 0.717) is 29.5 Å². The van der Waals surface area contributed by atoms with Gasteiger partial charge < -0.3 is 10.6 Å². The summed E-state index contributed by atoms with van der Waals surface area (Å²) in [4.78, 5) is 38.9. The Morgan fingerprint density at radius 1 is 1.29 bits per heavy atom. The zero-order valence-electron chi connectivity index (χ0n) is 16.9. The minimum absolute atomic E-state index is 0.182. The van der Waals surface area contributed by atoms with Crippen LogP contribution in [0.5, 0.6) is 0 Å². The Balaban J connectivity index is 1.66. The smallest absolute Gasteiger partial charge is 0.324 e. The molecule has 2 aliphatic rings. The number of hydrogen-bond acceptors (Lipinski definition) is 3. The highest BCUT2D eigenvalue weighted by atomic mass is 35.5. The molecule has 0 atom stereocenters. The van der Waals surface area contributed by atoms with Gasteiger partial charge in [0.2, 0.25) is 5.91 Å². The molecule has 1 aliphatic carbocycles. The molecule has 0 radical (unpaired) electrons. The third-order valence-corrected chi connectivity index (χ3v) is 6.56. The molecular formula is C21H28ClN3O3. The number of nitrogens with zero attached hydrogens (tertiary/aromatic N) is 1. The lowest BCUT2D eigenvalue weighted by Gasteiger charge is -2.40. The molecule has 28 heavy (non-hydrogen) atoms. The van der Waals surface area contributed by atoms with Gasteiger partial charge in [0.05, 0.1) is 0 Å². The van der Waals surface area contributed by atoms with Gasteiger partial charge in [0.15, 0.2) is 0 Å². The van der Waals surface area contributed by atoms with E-state index in [4.69, 9.17) is 11.6 Å². The van der Waals surface area contributed by atoms with E-state index in [-0.39, 0.29) is 17.9 Å². The molecule has 1 saturated heterocycles. The lowest BCUT2D eigenvalue weighted by atomic mass is 9.67. The Bertz CT molecular complexity index is 808. The molecule has 2 fully saturated rings. The van der Waals surface area contributed by atoms with E-state index in [0.717, 1.165) is 23.3 Å². The molecule has 6 nitrogen and oxygen atoms in total. The quantitative estimate of drug-likeness (QED) is 0.742. The molecule has 1 saturated carbocycles. The fourth-order valence-electron chi connectivity index (χ4n) is 4.21. The third kappa shape index (κ3) is 3.88. The Morgan fingerprint density at radius 2 is 1.93 bits per heavy atom. The average Bonchev–Trinajstić information content (AvgIpc) is 2.83. The first kappa shape index (κ1) is 20.6. The van der Waals surface area contributed by atoms with Crippen molar-refractivity contribution in [1.82, 2.24) is 10.2 Å². The van der Waals surface area contributed by atoms with Gasteiger partial charge in [-0.25, -0.2) is 4.79 Å². The predicted octanol–water partition coefficient (Wildman–Crippen LogP) is 4.11. The van der Waals surface area contributed by atoms with Crippen molar-refractivity contribution in [3.8, 4) is 0 Å². The second-order valence-electron chi connectivity index (χ2n) is 9.00. The van der Waals surface area contributed by atoms with Crippen LogP contribution >= 0.6 is 11.6 Å². The minimum Gasteiger partial charge on any atom is -0.324 e. The molecule has 1 heterocycles. The maximum absolute atomic E-state index is 13.0.